The number of carbonyl (C=O) groups is 1. The van der Waals surface area contributed by atoms with Gasteiger partial charge in [-0.2, -0.15) is 5.10 Å². The van der Waals surface area contributed by atoms with Crippen molar-refractivity contribution in [3.8, 4) is 0 Å². The first-order valence-electron chi connectivity index (χ1n) is 5.95. The molecule has 0 spiro atoms. The van der Waals surface area contributed by atoms with E-state index in [-0.39, 0.29) is 5.91 Å². The minimum atomic E-state index is -0.0414. The van der Waals surface area contributed by atoms with E-state index in [0.717, 1.165) is 25.9 Å². The number of carbonyl (C=O) groups excluding carboxylic acids is 1. The summed E-state index contributed by atoms with van der Waals surface area (Å²) < 4.78 is 5.65. The lowest BCUT2D eigenvalue weighted by atomic mass is 10.1. The van der Waals surface area contributed by atoms with Gasteiger partial charge in [0.25, 0.3) is 0 Å². The normalized spacial score (nSPS) is 16.9. The molecule has 0 aliphatic carbocycles. The Hall–Kier alpha value is -1.40. The third-order valence-corrected chi connectivity index (χ3v) is 2.75. The van der Waals surface area contributed by atoms with Crippen molar-refractivity contribution >= 4 is 11.6 Å². The molecule has 6 nitrogen and oxygen atoms in total. The molecule has 94 valence electrons. The zero-order valence-corrected chi connectivity index (χ0v) is 9.74. The van der Waals surface area contributed by atoms with E-state index < -0.39 is 0 Å². The van der Waals surface area contributed by atoms with Crippen molar-refractivity contribution in [2.45, 2.75) is 25.4 Å². The van der Waals surface area contributed by atoms with E-state index in [0.29, 0.717) is 24.8 Å². The van der Waals surface area contributed by atoms with Crippen molar-refractivity contribution in [2.75, 3.05) is 25.0 Å². The first-order chi connectivity index (χ1) is 8.34. The number of ether oxygens (including phenoxy) is 1. The molecule has 0 radical (unpaired) electrons. The Labute approximate surface area is 100 Å². The number of rotatable bonds is 5. The molecule has 3 N–H and O–H groups in total. The summed E-state index contributed by atoms with van der Waals surface area (Å²) in [5.41, 5.74) is 0.692. The Morgan fingerprint density at radius 2 is 2.35 bits per heavy atom. The molecule has 1 saturated heterocycles. The fourth-order valence-electron chi connectivity index (χ4n) is 1.82. The van der Waals surface area contributed by atoms with Gasteiger partial charge in [-0.1, -0.05) is 0 Å². The molecule has 1 aromatic rings. The number of aromatic amines is 1. The van der Waals surface area contributed by atoms with E-state index in [1.165, 1.54) is 0 Å². The highest BCUT2D eigenvalue weighted by Crippen LogP contribution is 2.08. The maximum Gasteiger partial charge on any atom is 0.226 e. The van der Waals surface area contributed by atoms with Crippen molar-refractivity contribution < 1.29 is 9.53 Å². The maximum absolute atomic E-state index is 11.5. The highest BCUT2D eigenvalue weighted by molar-refractivity contribution is 5.90. The van der Waals surface area contributed by atoms with Crippen LogP contribution >= 0.6 is 0 Å². The van der Waals surface area contributed by atoms with Gasteiger partial charge in [0.15, 0.2) is 0 Å². The molecule has 0 bridgehead atoms. The Balaban J connectivity index is 1.59. The monoisotopic (exact) mass is 238 g/mol. The standard InChI is InChI=1S/C11H18N4O2/c16-11(15-9-7-13-14-8-9)3-6-17-10-1-4-12-5-2-10/h7-8,10,12H,1-6H2,(H,13,14)(H,15,16). The van der Waals surface area contributed by atoms with Crippen molar-refractivity contribution in [1.29, 1.82) is 0 Å². The predicted molar refractivity (Wildman–Crippen MR) is 63.7 cm³/mol. The van der Waals surface area contributed by atoms with Crippen molar-refractivity contribution in [1.82, 2.24) is 15.5 Å². The summed E-state index contributed by atoms with van der Waals surface area (Å²) in [7, 11) is 0. The van der Waals surface area contributed by atoms with Gasteiger partial charge in [-0.3, -0.25) is 9.89 Å². The second-order valence-electron chi connectivity index (χ2n) is 4.11. The van der Waals surface area contributed by atoms with Gasteiger partial charge < -0.3 is 15.4 Å². The molecule has 1 fully saturated rings. The summed E-state index contributed by atoms with van der Waals surface area (Å²) in [5, 5.41) is 12.4. The van der Waals surface area contributed by atoms with E-state index in [2.05, 4.69) is 20.8 Å². The molecule has 1 aromatic heterocycles. The van der Waals surface area contributed by atoms with Crippen LogP contribution in [0.15, 0.2) is 12.4 Å². The molecule has 17 heavy (non-hydrogen) atoms. The van der Waals surface area contributed by atoms with Crippen LogP contribution < -0.4 is 10.6 Å². The zero-order chi connectivity index (χ0) is 11.9. The zero-order valence-electron chi connectivity index (χ0n) is 9.74. The highest BCUT2D eigenvalue weighted by atomic mass is 16.5. The molecular formula is C11H18N4O2. The number of anilines is 1. The lowest BCUT2D eigenvalue weighted by molar-refractivity contribution is -0.117. The second-order valence-corrected chi connectivity index (χ2v) is 4.11. The molecule has 6 heteroatoms. The van der Waals surface area contributed by atoms with E-state index >= 15 is 0 Å². The Morgan fingerprint density at radius 3 is 3.06 bits per heavy atom. The number of piperidine rings is 1. The minimum absolute atomic E-state index is 0.0414. The van der Waals surface area contributed by atoms with Crippen LogP contribution in [0.3, 0.4) is 0 Å². The molecule has 0 aromatic carbocycles. The van der Waals surface area contributed by atoms with Crippen LogP contribution in [0.25, 0.3) is 0 Å². The molecule has 0 saturated carbocycles. The first-order valence-corrected chi connectivity index (χ1v) is 5.95. The molecule has 1 aliphatic rings. The van der Waals surface area contributed by atoms with E-state index in [4.69, 9.17) is 4.74 Å². The minimum Gasteiger partial charge on any atom is -0.378 e. The lowest BCUT2D eigenvalue weighted by Gasteiger charge is -2.22. The summed E-state index contributed by atoms with van der Waals surface area (Å²) >= 11 is 0. The quantitative estimate of drug-likeness (QED) is 0.698. The number of nitrogens with one attached hydrogen (secondary N) is 3. The summed E-state index contributed by atoms with van der Waals surface area (Å²) in [4.78, 5) is 11.5. The Kier molecular flexibility index (Phi) is 4.52. The van der Waals surface area contributed by atoms with Crippen LogP contribution in [-0.4, -0.2) is 41.9 Å². The summed E-state index contributed by atoms with van der Waals surface area (Å²) in [6, 6.07) is 0. The largest absolute Gasteiger partial charge is 0.378 e. The third kappa shape index (κ3) is 4.16. The smallest absolute Gasteiger partial charge is 0.226 e. The van der Waals surface area contributed by atoms with Gasteiger partial charge in [0.2, 0.25) is 5.91 Å². The van der Waals surface area contributed by atoms with Crippen LogP contribution in [0.4, 0.5) is 5.69 Å². The van der Waals surface area contributed by atoms with E-state index in [1.54, 1.807) is 12.4 Å². The van der Waals surface area contributed by atoms with Gasteiger partial charge >= 0.3 is 0 Å². The number of nitrogens with zero attached hydrogens (tertiary/aromatic N) is 1. The lowest BCUT2D eigenvalue weighted by Crippen LogP contribution is -2.33. The van der Waals surface area contributed by atoms with E-state index in [9.17, 15) is 4.79 Å². The SMILES string of the molecule is O=C(CCOC1CCNCC1)Nc1cn[nH]c1. The molecular weight excluding hydrogens is 220 g/mol. The van der Waals surface area contributed by atoms with Gasteiger partial charge in [0.05, 0.1) is 31.0 Å². The van der Waals surface area contributed by atoms with Crippen molar-refractivity contribution in [3.63, 3.8) is 0 Å². The predicted octanol–water partition coefficient (Wildman–Crippen LogP) is 0.507. The van der Waals surface area contributed by atoms with Crippen LogP contribution in [0.2, 0.25) is 0 Å². The van der Waals surface area contributed by atoms with Crippen molar-refractivity contribution in [3.05, 3.63) is 12.4 Å². The van der Waals surface area contributed by atoms with Gasteiger partial charge in [0, 0.05) is 6.20 Å². The van der Waals surface area contributed by atoms with Gasteiger partial charge in [0.1, 0.15) is 0 Å². The highest BCUT2D eigenvalue weighted by Gasteiger charge is 2.13. The van der Waals surface area contributed by atoms with Crippen LogP contribution in [0, 0.1) is 0 Å². The average molecular weight is 238 g/mol. The number of amides is 1. The van der Waals surface area contributed by atoms with Crippen LogP contribution in [0.1, 0.15) is 19.3 Å². The third-order valence-electron chi connectivity index (χ3n) is 2.75. The number of hydrogen-bond acceptors (Lipinski definition) is 4. The molecule has 2 heterocycles. The number of hydrogen-bond donors (Lipinski definition) is 3. The topological polar surface area (TPSA) is 79.0 Å². The number of aromatic nitrogens is 2. The summed E-state index contributed by atoms with van der Waals surface area (Å²) in [6.07, 6.45) is 5.97. The fraction of sp³-hybridized carbons (Fsp3) is 0.636. The summed E-state index contributed by atoms with van der Waals surface area (Å²) in [5.74, 6) is -0.0414. The van der Waals surface area contributed by atoms with Crippen molar-refractivity contribution in [2.24, 2.45) is 0 Å². The number of H-pyrrole nitrogens is 1. The molecule has 0 unspecified atom stereocenters. The van der Waals surface area contributed by atoms with Crippen LogP contribution in [0.5, 0.6) is 0 Å². The summed E-state index contributed by atoms with van der Waals surface area (Å²) in [6.45, 7) is 2.49. The van der Waals surface area contributed by atoms with Crippen LogP contribution in [-0.2, 0) is 9.53 Å². The van der Waals surface area contributed by atoms with Gasteiger partial charge in [-0.15, -0.1) is 0 Å². The first kappa shape index (κ1) is 12.1. The fourth-order valence-corrected chi connectivity index (χ4v) is 1.82. The Morgan fingerprint density at radius 1 is 1.53 bits per heavy atom. The molecule has 1 amide bonds. The van der Waals surface area contributed by atoms with Gasteiger partial charge in [-0.25, -0.2) is 0 Å². The van der Waals surface area contributed by atoms with E-state index in [1.807, 2.05) is 0 Å². The second kappa shape index (κ2) is 6.36. The molecule has 1 aliphatic heterocycles. The Bertz CT molecular complexity index is 333. The molecule has 0 atom stereocenters. The maximum atomic E-state index is 11.5. The average Bonchev–Trinajstić information content (AvgIpc) is 2.83. The van der Waals surface area contributed by atoms with Gasteiger partial charge in [-0.05, 0) is 25.9 Å². The molecule has 2 rings (SSSR count).